The first-order valence-corrected chi connectivity index (χ1v) is 6.62. The highest BCUT2D eigenvalue weighted by Crippen LogP contribution is 2.32. The van der Waals surface area contributed by atoms with Gasteiger partial charge in [0.15, 0.2) is 11.5 Å². The Hall–Kier alpha value is -2.19. The third kappa shape index (κ3) is 2.43. The molecule has 0 atom stereocenters. The molecule has 3 rings (SSSR count). The van der Waals surface area contributed by atoms with Crippen molar-refractivity contribution in [2.75, 3.05) is 39.5 Å². The Morgan fingerprint density at radius 1 is 1.20 bits per heavy atom. The average molecular weight is 272 g/mol. The summed E-state index contributed by atoms with van der Waals surface area (Å²) in [4.78, 5) is 16.5. The minimum Gasteiger partial charge on any atom is -0.454 e. The second kappa shape index (κ2) is 5.43. The normalized spacial score (nSPS) is 17.9. The number of amides is 1. The molecule has 1 saturated heterocycles. The maximum absolute atomic E-state index is 12.4. The summed E-state index contributed by atoms with van der Waals surface area (Å²) >= 11 is 0. The molecule has 2 aliphatic heterocycles. The fraction of sp³-hybridized carbons (Fsp3) is 0.400. The number of hydrogen-bond donors (Lipinski definition) is 0. The molecule has 0 N–H and O–H groups in total. The van der Waals surface area contributed by atoms with Gasteiger partial charge < -0.3 is 14.4 Å². The number of piperazine rings is 1. The van der Waals surface area contributed by atoms with Crippen molar-refractivity contribution in [2.45, 2.75) is 0 Å². The highest BCUT2D eigenvalue weighted by atomic mass is 16.7. The lowest BCUT2D eigenvalue weighted by atomic mass is 10.1. The minimum atomic E-state index is 0.0312. The summed E-state index contributed by atoms with van der Waals surface area (Å²) in [7, 11) is 0. The van der Waals surface area contributed by atoms with Crippen molar-refractivity contribution in [1.29, 1.82) is 0 Å². The number of benzene rings is 1. The molecule has 0 aliphatic carbocycles. The van der Waals surface area contributed by atoms with Gasteiger partial charge in [-0.15, -0.1) is 6.42 Å². The summed E-state index contributed by atoms with van der Waals surface area (Å²) in [5, 5.41) is 0. The standard InChI is InChI=1S/C15H16N2O3/c1-2-5-16-6-8-17(9-7-16)15(18)12-3-4-13-14(10-12)20-11-19-13/h1,3-4,10H,5-9,11H2. The van der Waals surface area contributed by atoms with Gasteiger partial charge in [0.2, 0.25) is 6.79 Å². The number of nitrogens with zero attached hydrogens (tertiary/aromatic N) is 2. The SMILES string of the molecule is C#CCN1CCN(C(=O)c2ccc3c(c2)OCO3)CC1. The molecule has 1 fully saturated rings. The van der Waals surface area contributed by atoms with E-state index in [9.17, 15) is 4.79 Å². The summed E-state index contributed by atoms with van der Waals surface area (Å²) in [6.45, 7) is 3.91. The van der Waals surface area contributed by atoms with Gasteiger partial charge in [0, 0.05) is 31.7 Å². The summed E-state index contributed by atoms with van der Waals surface area (Å²) in [5.74, 6) is 4.00. The summed E-state index contributed by atoms with van der Waals surface area (Å²) in [6.07, 6.45) is 5.30. The van der Waals surface area contributed by atoms with Crippen LogP contribution >= 0.6 is 0 Å². The highest BCUT2D eigenvalue weighted by Gasteiger charge is 2.23. The smallest absolute Gasteiger partial charge is 0.254 e. The maximum atomic E-state index is 12.4. The van der Waals surface area contributed by atoms with E-state index in [1.165, 1.54) is 0 Å². The van der Waals surface area contributed by atoms with Gasteiger partial charge in [-0.05, 0) is 18.2 Å². The second-order valence-corrected chi connectivity index (χ2v) is 4.84. The quantitative estimate of drug-likeness (QED) is 0.747. The zero-order chi connectivity index (χ0) is 13.9. The van der Waals surface area contributed by atoms with Crippen molar-refractivity contribution in [3.05, 3.63) is 23.8 Å². The van der Waals surface area contributed by atoms with Gasteiger partial charge in [-0.3, -0.25) is 9.69 Å². The van der Waals surface area contributed by atoms with Crippen LogP contribution in [0, 0.1) is 12.3 Å². The third-order valence-corrected chi connectivity index (χ3v) is 3.59. The molecule has 0 radical (unpaired) electrons. The molecule has 0 unspecified atom stereocenters. The van der Waals surface area contributed by atoms with E-state index in [-0.39, 0.29) is 12.7 Å². The lowest BCUT2D eigenvalue weighted by Crippen LogP contribution is -2.48. The average Bonchev–Trinajstić information content (AvgIpc) is 2.95. The number of rotatable bonds is 2. The van der Waals surface area contributed by atoms with Crippen LogP contribution < -0.4 is 9.47 Å². The summed E-state index contributed by atoms with van der Waals surface area (Å²) < 4.78 is 10.5. The predicted octanol–water partition coefficient (Wildman–Crippen LogP) is 0.806. The van der Waals surface area contributed by atoms with Crippen molar-refractivity contribution < 1.29 is 14.3 Å². The molecule has 5 nitrogen and oxygen atoms in total. The van der Waals surface area contributed by atoms with Crippen molar-refractivity contribution >= 4 is 5.91 Å². The molecule has 0 saturated carbocycles. The van der Waals surface area contributed by atoms with Crippen LogP contribution in [0.5, 0.6) is 11.5 Å². The first kappa shape index (κ1) is 12.8. The van der Waals surface area contributed by atoms with Gasteiger partial charge in [0.25, 0.3) is 5.91 Å². The second-order valence-electron chi connectivity index (χ2n) is 4.84. The minimum absolute atomic E-state index is 0.0312. The van der Waals surface area contributed by atoms with Gasteiger partial charge in [0.05, 0.1) is 6.54 Å². The van der Waals surface area contributed by atoms with Gasteiger partial charge in [-0.2, -0.15) is 0 Å². The summed E-state index contributed by atoms with van der Waals surface area (Å²) in [5.41, 5.74) is 0.639. The van der Waals surface area contributed by atoms with Gasteiger partial charge in [-0.25, -0.2) is 0 Å². The molecule has 20 heavy (non-hydrogen) atoms. The van der Waals surface area contributed by atoms with Crippen molar-refractivity contribution in [2.24, 2.45) is 0 Å². The predicted molar refractivity (Wildman–Crippen MR) is 73.7 cm³/mol. The van der Waals surface area contributed by atoms with Gasteiger partial charge in [0.1, 0.15) is 0 Å². The van der Waals surface area contributed by atoms with Crippen LogP contribution in [0.2, 0.25) is 0 Å². The number of fused-ring (bicyclic) bond motifs is 1. The van der Waals surface area contributed by atoms with Crippen LogP contribution in [0.1, 0.15) is 10.4 Å². The van der Waals surface area contributed by atoms with Gasteiger partial charge in [-0.1, -0.05) is 5.92 Å². The fourth-order valence-corrected chi connectivity index (χ4v) is 2.45. The number of ether oxygens (including phenoxy) is 2. The molecular weight excluding hydrogens is 256 g/mol. The van der Waals surface area contributed by atoms with Crippen LogP contribution in [-0.2, 0) is 0 Å². The first-order valence-electron chi connectivity index (χ1n) is 6.62. The maximum Gasteiger partial charge on any atom is 0.254 e. The largest absolute Gasteiger partial charge is 0.454 e. The van der Waals surface area contributed by atoms with E-state index in [0.717, 1.165) is 13.1 Å². The van der Waals surface area contributed by atoms with Crippen molar-refractivity contribution in [1.82, 2.24) is 9.80 Å². The zero-order valence-corrected chi connectivity index (χ0v) is 11.2. The molecule has 5 heteroatoms. The Balaban J connectivity index is 1.66. The fourth-order valence-electron chi connectivity index (χ4n) is 2.45. The molecule has 104 valence electrons. The van der Waals surface area contributed by atoms with E-state index in [1.54, 1.807) is 18.2 Å². The van der Waals surface area contributed by atoms with E-state index in [0.29, 0.717) is 36.7 Å². The first-order chi connectivity index (χ1) is 9.78. The van der Waals surface area contributed by atoms with E-state index in [4.69, 9.17) is 15.9 Å². The topological polar surface area (TPSA) is 42.0 Å². The van der Waals surface area contributed by atoms with Crippen LogP contribution in [0.25, 0.3) is 0 Å². The van der Waals surface area contributed by atoms with E-state index >= 15 is 0 Å². The van der Waals surface area contributed by atoms with Gasteiger partial charge >= 0.3 is 0 Å². The van der Waals surface area contributed by atoms with E-state index in [2.05, 4.69) is 10.8 Å². The Kier molecular flexibility index (Phi) is 3.48. The van der Waals surface area contributed by atoms with Crippen LogP contribution in [0.3, 0.4) is 0 Å². The third-order valence-electron chi connectivity index (χ3n) is 3.59. The zero-order valence-electron chi connectivity index (χ0n) is 11.2. The molecule has 1 amide bonds. The number of carbonyl (C=O) groups excluding carboxylic acids is 1. The molecule has 0 aromatic heterocycles. The molecule has 1 aromatic rings. The Labute approximate surface area is 118 Å². The molecule has 0 spiro atoms. The van der Waals surface area contributed by atoms with Crippen LogP contribution in [0.4, 0.5) is 0 Å². The Morgan fingerprint density at radius 3 is 2.70 bits per heavy atom. The number of hydrogen-bond acceptors (Lipinski definition) is 4. The van der Waals surface area contributed by atoms with Crippen LogP contribution in [0.15, 0.2) is 18.2 Å². The van der Waals surface area contributed by atoms with Crippen LogP contribution in [-0.4, -0.2) is 55.2 Å². The highest BCUT2D eigenvalue weighted by molar-refractivity contribution is 5.95. The van der Waals surface area contributed by atoms with E-state index in [1.807, 2.05) is 4.90 Å². The molecular formula is C15H16N2O3. The number of terminal acetylenes is 1. The Morgan fingerprint density at radius 2 is 1.95 bits per heavy atom. The van der Waals surface area contributed by atoms with Crippen molar-refractivity contribution in [3.8, 4) is 23.8 Å². The molecule has 2 heterocycles. The lowest BCUT2D eigenvalue weighted by Gasteiger charge is -2.33. The summed E-state index contributed by atoms with van der Waals surface area (Å²) in [6, 6.07) is 5.31. The van der Waals surface area contributed by atoms with Crippen molar-refractivity contribution in [3.63, 3.8) is 0 Å². The lowest BCUT2D eigenvalue weighted by molar-refractivity contribution is 0.0652. The monoisotopic (exact) mass is 272 g/mol. The van der Waals surface area contributed by atoms with E-state index < -0.39 is 0 Å². The molecule has 1 aromatic carbocycles. The molecule has 0 bridgehead atoms. The number of carbonyl (C=O) groups is 1. The Bertz CT molecular complexity index is 557. The molecule has 2 aliphatic rings.